The summed E-state index contributed by atoms with van der Waals surface area (Å²) >= 11 is 0. The standard InChI is InChI=1S/C21H26N4O3/c1-13-18(11-19(22)26)14(2)24-20(23-13)16-7-5-9-25(12-16)21(27)15-6-4-8-17(10-15)28-3/h4,6,8,10,16H,5,7,9,11-12H2,1-3H3,(H2,22,26)/t16-/m1/s1. The number of piperidine rings is 1. The molecule has 1 aliphatic rings. The second-order valence-electron chi connectivity index (χ2n) is 7.20. The van der Waals surface area contributed by atoms with Gasteiger partial charge in [0, 0.05) is 41.5 Å². The van der Waals surface area contributed by atoms with Gasteiger partial charge in [-0.1, -0.05) is 6.07 Å². The predicted octanol–water partition coefficient (Wildman–Crippen LogP) is 2.15. The number of likely N-dealkylation sites (tertiary alicyclic amines) is 1. The molecule has 7 heteroatoms. The SMILES string of the molecule is COc1cccc(C(=O)N2CCC[C@@H](c3nc(C)c(CC(N)=O)c(C)n3)C2)c1. The lowest BCUT2D eigenvalue weighted by molar-refractivity contribution is -0.117. The summed E-state index contributed by atoms with van der Waals surface area (Å²) in [6.07, 6.45) is 1.96. The van der Waals surface area contributed by atoms with Crippen LogP contribution in [0.15, 0.2) is 24.3 Å². The van der Waals surface area contributed by atoms with E-state index in [-0.39, 0.29) is 18.2 Å². The van der Waals surface area contributed by atoms with Crippen LogP contribution in [-0.4, -0.2) is 46.9 Å². The zero-order valence-corrected chi connectivity index (χ0v) is 16.6. The Morgan fingerprint density at radius 3 is 2.61 bits per heavy atom. The maximum atomic E-state index is 12.9. The first-order valence-corrected chi connectivity index (χ1v) is 9.44. The van der Waals surface area contributed by atoms with Gasteiger partial charge in [0.1, 0.15) is 11.6 Å². The van der Waals surface area contributed by atoms with Gasteiger partial charge in [0.25, 0.3) is 5.91 Å². The molecule has 0 bridgehead atoms. The van der Waals surface area contributed by atoms with Crippen LogP contribution in [-0.2, 0) is 11.2 Å². The maximum absolute atomic E-state index is 12.9. The molecule has 0 radical (unpaired) electrons. The number of amides is 2. The van der Waals surface area contributed by atoms with E-state index in [1.807, 2.05) is 30.9 Å². The Labute approximate surface area is 164 Å². The molecule has 148 valence electrons. The minimum absolute atomic E-state index is 0.0117. The van der Waals surface area contributed by atoms with Crippen molar-refractivity contribution < 1.29 is 14.3 Å². The number of ether oxygens (including phenoxy) is 1. The Morgan fingerprint density at radius 1 is 1.25 bits per heavy atom. The Bertz CT molecular complexity index is 874. The summed E-state index contributed by atoms with van der Waals surface area (Å²) in [6.45, 7) is 5.03. The molecular weight excluding hydrogens is 356 g/mol. The van der Waals surface area contributed by atoms with Crippen LogP contribution in [0.3, 0.4) is 0 Å². The average Bonchev–Trinajstić information content (AvgIpc) is 2.70. The summed E-state index contributed by atoms with van der Waals surface area (Å²) in [5.74, 6) is 1.06. The molecule has 1 fully saturated rings. The van der Waals surface area contributed by atoms with Crippen LogP contribution in [0.25, 0.3) is 0 Å². The summed E-state index contributed by atoms with van der Waals surface area (Å²) < 4.78 is 5.22. The van der Waals surface area contributed by atoms with Crippen LogP contribution in [0.2, 0.25) is 0 Å². The molecule has 1 aliphatic heterocycles. The monoisotopic (exact) mass is 382 g/mol. The molecule has 0 unspecified atom stereocenters. The highest BCUT2D eigenvalue weighted by molar-refractivity contribution is 5.94. The Morgan fingerprint density at radius 2 is 1.96 bits per heavy atom. The number of nitrogens with zero attached hydrogens (tertiary/aromatic N) is 3. The summed E-state index contributed by atoms with van der Waals surface area (Å²) in [5, 5.41) is 0. The number of hydrogen-bond donors (Lipinski definition) is 1. The van der Waals surface area contributed by atoms with Crippen molar-refractivity contribution in [1.82, 2.24) is 14.9 Å². The number of hydrogen-bond acceptors (Lipinski definition) is 5. The fourth-order valence-electron chi connectivity index (χ4n) is 3.69. The molecule has 0 aliphatic carbocycles. The Kier molecular flexibility index (Phi) is 5.92. The molecule has 7 nitrogen and oxygen atoms in total. The molecule has 2 heterocycles. The zero-order chi connectivity index (χ0) is 20.3. The van der Waals surface area contributed by atoms with E-state index in [0.717, 1.165) is 35.6 Å². The van der Waals surface area contributed by atoms with E-state index in [9.17, 15) is 9.59 Å². The Hall–Kier alpha value is -2.96. The summed E-state index contributed by atoms with van der Waals surface area (Å²) in [4.78, 5) is 35.3. The number of nitrogens with two attached hydrogens (primary N) is 1. The van der Waals surface area contributed by atoms with Gasteiger partial charge in [-0.15, -0.1) is 0 Å². The highest BCUT2D eigenvalue weighted by atomic mass is 16.5. The zero-order valence-electron chi connectivity index (χ0n) is 16.6. The van der Waals surface area contributed by atoms with Gasteiger partial charge in [-0.25, -0.2) is 9.97 Å². The van der Waals surface area contributed by atoms with Gasteiger partial charge >= 0.3 is 0 Å². The second-order valence-corrected chi connectivity index (χ2v) is 7.20. The third-order valence-corrected chi connectivity index (χ3v) is 5.18. The van der Waals surface area contributed by atoms with Crippen molar-refractivity contribution in [1.29, 1.82) is 0 Å². The number of aromatic nitrogens is 2. The number of carbonyl (C=O) groups excluding carboxylic acids is 2. The van der Waals surface area contributed by atoms with Crippen LogP contribution in [0, 0.1) is 13.8 Å². The maximum Gasteiger partial charge on any atom is 0.254 e. The first-order valence-electron chi connectivity index (χ1n) is 9.44. The lowest BCUT2D eigenvalue weighted by Crippen LogP contribution is -2.39. The van der Waals surface area contributed by atoms with E-state index in [0.29, 0.717) is 24.4 Å². The van der Waals surface area contributed by atoms with Gasteiger partial charge in [-0.05, 0) is 44.9 Å². The van der Waals surface area contributed by atoms with Gasteiger partial charge in [-0.3, -0.25) is 9.59 Å². The van der Waals surface area contributed by atoms with Crippen LogP contribution < -0.4 is 10.5 Å². The highest BCUT2D eigenvalue weighted by Gasteiger charge is 2.28. The molecule has 2 aromatic rings. The number of primary amides is 1. The van der Waals surface area contributed by atoms with Crippen molar-refractivity contribution in [3.8, 4) is 5.75 Å². The second kappa shape index (κ2) is 8.37. The molecule has 0 spiro atoms. The fourth-order valence-corrected chi connectivity index (χ4v) is 3.69. The van der Waals surface area contributed by atoms with Crippen LogP contribution in [0.1, 0.15) is 51.9 Å². The van der Waals surface area contributed by atoms with E-state index >= 15 is 0 Å². The quantitative estimate of drug-likeness (QED) is 0.854. The van der Waals surface area contributed by atoms with E-state index in [4.69, 9.17) is 10.5 Å². The third kappa shape index (κ3) is 4.30. The van der Waals surface area contributed by atoms with Crippen molar-refractivity contribution in [2.24, 2.45) is 5.73 Å². The van der Waals surface area contributed by atoms with Crippen molar-refractivity contribution in [3.05, 3.63) is 52.6 Å². The van der Waals surface area contributed by atoms with E-state index in [2.05, 4.69) is 9.97 Å². The molecule has 1 atom stereocenters. The number of aryl methyl sites for hydroxylation is 2. The van der Waals surface area contributed by atoms with Crippen LogP contribution in [0.4, 0.5) is 0 Å². The number of carbonyl (C=O) groups is 2. The topological polar surface area (TPSA) is 98.4 Å². The minimum atomic E-state index is -0.393. The van der Waals surface area contributed by atoms with E-state index in [1.165, 1.54) is 0 Å². The lowest BCUT2D eigenvalue weighted by atomic mass is 9.95. The average molecular weight is 382 g/mol. The summed E-state index contributed by atoms with van der Waals surface area (Å²) in [7, 11) is 1.59. The minimum Gasteiger partial charge on any atom is -0.497 e. The largest absolute Gasteiger partial charge is 0.497 e. The highest BCUT2D eigenvalue weighted by Crippen LogP contribution is 2.27. The molecule has 0 saturated carbocycles. The fraction of sp³-hybridized carbons (Fsp3) is 0.429. The van der Waals surface area contributed by atoms with Crippen molar-refractivity contribution in [2.75, 3.05) is 20.2 Å². The Balaban J connectivity index is 1.79. The van der Waals surface area contributed by atoms with E-state index in [1.54, 1.807) is 19.2 Å². The number of methoxy groups -OCH3 is 1. The molecule has 2 amide bonds. The summed E-state index contributed by atoms with van der Waals surface area (Å²) in [6, 6.07) is 7.21. The van der Waals surface area contributed by atoms with E-state index < -0.39 is 5.91 Å². The molecule has 3 rings (SSSR count). The third-order valence-electron chi connectivity index (χ3n) is 5.18. The predicted molar refractivity (Wildman–Crippen MR) is 105 cm³/mol. The van der Waals surface area contributed by atoms with Gasteiger partial charge in [0.2, 0.25) is 5.91 Å². The smallest absolute Gasteiger partial charge is 0.254 e. The molecular formula is C21H26N4O3. The van der Waals surface area contributed by atoms with Crippen molar-refractivity contribution >= 4 is 11.8 Å². The molecule has 1 saturated heterocycles. The van der Waals surface area contributed by atoms with Gasteiger partial charge in [-0.2, -0.15) is 0 Å². The van der Waals surface area contributed by atoms with Gasteiger partial charge in [0.05, 0.1) is 13.5 Å². The summed E-state index contributed by atoms with van der Waals surface area (Å²) in [5.41, 5.74) is 8.28. The number of benzene rings is 1. The first kappa shape index (κ1) is 19.8. The first-order chi connectivity index (χ1) is 13.4. The lowest BCUT2D eigenvalue weighted by Gasteiger charge is -2.32. The molecule has 1 aromatic carbocycles. The van der Waals surface area contributed by atoms with Crippen LogP contribution in [0.5, 0.6) is 5.75 Å². The van der Waals surface area contributed by atoms with Crippen LogP contribution >= 0.6 is 0 Å². The van der Waals surface area contributed by atoms with Gasteiger partial charge < -0.3 is 15.4 Å². The van der Waals surface area contributed by atoms with Gasteiger partial charge in [0.15, 0.2) is 0 Å². The molecule has 28 heavy (non-hydrogen) atoms. The molecule has 2 N–H and O–H groups in total. The molecule has 1 aromatic heterocycles. The number of rotatable bonds is 5. The van der Waals surface area contributed by atoms with Crippen molar-refractivity contribution in [2.45, 2.75) is 39.0 Å². The normalized spacial score (nSPS) is 16.7. The van der Waals surface area contributed by atoms with Crippen molar-refractivity contribution in [3.63, 3.8) is 0 Å².